The number of hydrogen-bond donors (Lipinski definition) is 1. The van der Waals surface area contributed by atoms with Crippen LogP contribution in [0.2, 0.25) is 0 Å². The van der Waals surface area contributed by atoms with Crippen molar-refractivity contribution in [3.8, 4) is 11.8 Å². The Bertz CT molecular complexity index is 1200. The molecule has 3 aromatic carbocycles. The van der Waals surface area contributed by atoms with Gasteiger partial charge in [-0.05, 0) is 54.1 Å². The first-order valence-electron chi connectivity index (χ1n) is 9.24. The maximum Gasteiger partial charge on any atom is 0.416 e. The van der Waals surface area contributed by atoms with Crippen molar-refractivity contribution in [2.24, 2.45) is 0 Å². The zero-order valence-electron chi connectivity index (χ0n) is 16.4. The van der Waals surface area contributed by atoms with E-state index in [-0.39, 0.29) is 17.0 Å². The van der Waals surface area contributed by atoms with Crippen LogP contribution in [0.25, 0.3) is 6.08 Å². The molecule has 1 N–H and O–H groups in total. The molecule has 0 atom stereocenters. The molecular weight excluding hydrogens is 421 g/mol. The quantitative estimate of drug-likeness (QED) is 0.249. The number of rotatable bonds is 5. The molecule has 32 heavy (non-hydrogen) atoms. The summed E-state index contributed by atoms with van der Waals surface area (Å²) in [6.45, 7) is 0. The lowest BCUT2D eigenvalue weighted by Gasteiger charge is -2.09. The zero-order valence-corrected chi connectivity index (χ0v) is 16.4. The Kier molecular flexibility index (Phi) is 6.71. The van der Waals surface area contributed by atoms with Gasteiger partial charge in [-0.25, -0.2) is 4.79 Å². The molecule has 0 aliphatic heterocycles. The van der Waals surface area contributed by atoms with E-state index in [0.29, 0.717) is 11.1 Å². The summed E-state index contributed by atoms with van der Waals surface area (Å²) in [6.07, 6.45) is -3.29. The number of carbonyl (C=O) groups is 2. The van der Waals surface area contributed by atoms with Gasteiger partial charge in [0.1, 0.15) is 17.4 Å². The average molecular weight is 436 g/mol. The minimum atomic E-state index is -4.56. The number of nitrogens with one attached hydrogen (secondary N) is 1. The van der Waals surface area contributed by atoms with Gasteiger partial charge in [0.2, 0.25) is 0 Å². The van der Waals surface area contributed by atoms with Crippen LogP contribution in [0.3, 0.4) is 0 Å². The summed E-state index contributed by atoms with van der Waals surface area (Å²) < 4.78 is 43.7. The molecule has 8 heteroatoms. The van der Waals surface area contributed by atoms with Crippen molar-refractivity contribution in [3.63, 3.8) is 0 Å². The van der Waals surface area contributed by atoms with Gasteiger partial charge in [-0.3, -0.25) is 4.79 Å². The van der Waals surface area contributed by atoms with E-state index >= 15 is 0 Å². The number of nitriles is 1. The van der Waals surface area contributed by atoms with Crippen molar-refractivity contribution in [1.29, 1.82) is 5.26 Å². The van der Waals surface area contributed by atoms with Gasteiger partial charge in [0.05, 0.1) is 11.1 Å². The molecule has 0 fully saturated rings. The molecule has 0 aromatic heterocycles. The van der Waals surface area contributed by atoms with Crippen LogP contribution in [-0.2, 0) is 11.0 Å². The molecule has 160 valence electrons. The molecule has 0 spiro atoms. The van der Waals surface area contributed by atoms with Crippen LogP contribution in [0.4, 0.5) is 18.9 Å². The van der Waals surface area contributed by atoms with Crippen molar-refractivity contribution in [1.82, 2.24) is 0 Å². The SMILES string of the molecule is N#C/C(=C/c1ccc(OC(=O)c2ccccc2)cc1)C(=O)Nc1cccc(C(F)(F)F)c1. The Morgan fingerprint density at radius 3 is 2.25 bits per heavy atom. The predicted octanol–water partition coefficient (Wildman–Crippen LogP) is 5.47. The number of esters is 1. The summed E-state index contributed by atoms with van der Waals surface area (Å²) >= 11 is 0. The summed E-state index contributed by atoms with van der Waals surface area (Å²) in [4.78, 5) is 24.4. The van der Waals surface area contributed by atoms with Crippen LogP contribution in [-0.4, -0.2) is 11.9 Å². The molecule has 3 aromatic rings. The maximum absolute atomic E-state index is 12.8. The molecule has 0 heterocycles. The Hall–Kier alpha value is -4.38. The Morgan fingerprint density at radius 1 is 0.938 bits per heavy atom. The number of ether oxygens (including phenoxy) is 1. The Morgan fingerprint density at radius 2 is 1.62 bits per heavy atom. The third-order valence-electron chi connectivity index (χ3n) is 4.22. The standard InChI is InChI=1S/C24H15F3N2O3/c25-24(26,27)19-7-4-8-20(14-19)29-22(30)18(15-28)13-16-9-11-21(12-10-16)32-23(31)17-5-2-1-3-6-17/h1-14H,(H,29,30)/b18-13-. The summed E-state index contributed by atoms with van der Waals surface area (Å²) in [5.41, 5.74) is -0.473. The third-order valence-corrected chi connectivity index (χ3v) is 4.22. The molecule has 0 saturated carbocycles. The molecule has 0 radical (unpaired) electrons. The number of carbonyl (C=O) groups excluding carboxylic acids is 2. The fraction of sp³-hybridized carbons (Fsp3) is 0.0417. The van der Waals surface area contributed by atoms with Crippen LogP contribution in [0.15, 0.2) is 84.4 Å². The normalized spacial score (nSPS) is 11.4. The number of anilines is 1. The van der Waals surface area contributed by atoms with Gasteiger partial charge >= 0.3 is 12.1 Å². The summed E-state index contributed by atoms with van der Waals surface area (Å²) in [5.74, 6) is -1.12. The Labute approximate surface area is 181 Å². The molecule has 0 unspecified atom stereocenters. The monoisotopic (exact) mass is 436 g/mol. The molecule has 3 rings (SSSR count). The first-order chi connectivity index (χ1) is 15.3. The van der Waals surface area contributed by atoms with Gasteiger partial charge in [0.15, 0.2) is 0 Å². The van der Waals surface area contributed by atoms with Crippen LogP contribution in [0.5, 0.6) is 5.75 Å². The highest BCUT2D eigenvalue weighted by atomic mass is 19.4. The first-order valence-corrected chi connectivity index (χ1v) is 9.24. The van der Waals surface area contributed by atoms with Gasteiger partial charge in [0, 0.05) is 5.69 Å². The number of alkyl halides is 3. The van der Waals surface area contributed by atoms with Gasteiger partial charge in [-0.1, -0.05) is 36.4 Å². The van der Waals surface area contributed by atoms with E-state index in [0.717, 1.165) is 18.2 Å². The highest BCUT2D eigenvalue weighted by Crippen LogP contribution is 2.30. The van der Waals surface area contributed by atoms with Crippen molar-refractivity contribution in [2.75, 3.05) is 5.32 Å². The first kappa shape index (κ1) is 22.3. The fourth-order valence-corrected chi connectivity index (χ4v) is 2.66. The molecular formula is C24H15F3N2O3. The highest BCUT2D eigenvalue weighted by Gasteiger charge is 2.30. The lowest BCUT2D eigenvalue weighted by Crippen LogP contribution is -2.14. The lowest BCUT2D eigenvalue weighted by molar-refractivity contribution is -0.137. The van der Waals surface area contributed by atoms with Gasteiger partial charge in [0.25, 0.3) is 5.91 Å². The number of amides is 1. The predicted molar refractivity (Wildman–Crippen MR) is 112 cm³/mol. The Balaban J connectivity index is 1.70. The van der Waals surface area contributed by atoms with Crippen molar-refractivity contribution >= 4 is 23.6 Å². The van der Waals surface area contributed by atoms with Crippen molar-refractivity contribution < 1.29 is 27.5 Å². The molecule has 0 bridgehead atoms. The summed E-state index contributed by atoms with van der Waals surface area (Å²) in [7, 11) is 0. The van der Waals surface area contributed by atoms with Crippen LogP contribution in [0, 0.1) is 11.3 Å². The van der Waals surface area contributed by atoms with Gasteiger partial charge < -0.3 is 10.1 Å². The third kappa shape index (κ3) is 5.83. The number of halogens is 3. The van der Waals surface area contributed by atoms with Crippen molar-refractivity contribution in [2.45, 2.75) is 6.18 Å². The smallest absolute Gasteiger partial charge is 0.416 e. The number of nitrogens with zero attached hydrogens (tertiary/aromatic N) is 1. The van der Waals surface area contributed by atoms with E-state index in [1.165, 1.54) is 36.4 Å². The van der Waals surface area contributed by atoms with E-state index in [9.17, 15) is 28.0 Å². The molecule has 0 saturated heterocycles. The van der Waals surface area contributed by atoms with Gasteiger partial charge in [-0.2, -0.15) is 18.4 Å². The topological polar surface area (TPSA) is 79.2 Å². The van der Waals surface area contributed by atoms with Gasteiger partial charge in [-0.15, -0.1) is 0 Å². The van der Waals surface area contributed by atoms with E-state index in [1.807, 2.05) is 0 Å². The van der Waals surface area contributed by atoms with E-state index in [4.69, 9.17) is 4.74 Å². The average Bonchev–Trinajstić information content (AvgIpc) is 2.78. The second-order valence-electron chi connectivity index (χ2n) is 6.53. The zero-order chi connectivity index (χ0) is 23.1. The van der Waals surface area contributed by atoms with Crippen LogP contribution in [0.1, 0.15) is 21.5 Å². The summed E-state index contributed by atoms with van der Waals surface area (Å²) in [6, 6.07) is 20.3. The summed E-state index contributed by atoms with van der Waals surface area (Å²) in [5, 5.41) is 11.6. The molecule has 0 aliphatic rings. The van der Waals surface area contributed by atoms with Crippen LogP contribution < -0.4 is 10.1 Å². The van der Waals surface area contributed by atoms with Crippen molar-refractivity contribution in [3.05, 3.63) is 101 Å². The van der Waals surface area contributed by atoms with E-state index < -0.39 is 23.6 Å². The molecule has 0 aliphatic carbocycles. The molecule has 1 amide bonds. The highest BCUT2D eigenvalue weighted by molar-refractivity contribution is 6.09. The minimum Gasteiger partial charge on any atom is -0.423 e. The van der Waals surface area contributed by atoms with E-state index in [2.05, 4.69) is 5.32 Å². The number of benzene rings is 3. The molecule has 5 nitrogen and oxygen atoms in total. The largest absolute Gasteiger partial charge is 0.423 e. The van der Waals surface area contributed by atoms with E-state index in [1.54, 1.807) is 36.4 Å². The number of hydrogen-bond acceptors (Lipinski definition) is 4. The fourth-order valence-electron chi connectivity index (χ4n) is 2.66. The maximum atomic E-state index is 12.8. The lowest BCUT2D eigenvalue weighted by atomic mass is 10.1. The second-order valence-corrected chi connectivity index (χ2v) is 6.53. The second kappa shape index (κ2) is 9.62. The van der Waals surface area contributed by atoms with Crippen LogP contribution >= 0.6 is 0 Å². The minimum absolute atomic E-state index is 0.0888.